The van der Waals surface area contributed by atoms with E-state index in [0.29, 0.717) is 35.9 Å². The van der Waals surface area contributed by atoms with E-state index < -0.39 is 6.10 Å². The van der Waals surface area contributed by atoms with Crippen molar-refractivity contribution in [2.45, 2.75) is 19.1 Å². The average molecular weight is 442 g/mol. The maximum Gasteiger partial charge on any atom is 0.253 e. The Bertz CT molecular complexity index is 979. The minimum atomic E-state index is -0.688. The molecule has 7 heteroatoms. The van der Waals surface area contributed by atoms with Gasteiger partial charge in [0.1, 0.15) is 11.0 Å². The number of nitrogens with zero attached hydrogens (tertiary/aromatic N) is 2. The van der Waals surface area contributed by atoms with Crippen LogP contribution in [0.4, 0.5) is 4.39 Å². The van der Waals surface area contributed by atoms with Gasteiger partial charge < -0.3 is 15.3 Å². The van der Waals surface area contributed by atoms with Gasteiger partial charge in [-0.05, 0) is 60.0 Å². The average Bonchev–Trinajstić information content (AvgIpc) is 2.78. The number of aromatic nitrogens is 1. The Morgan fingerprint density at radius 1 is 1.10 bits per heavy atom. The minimum absolute atomic E-state index is 0.0676. The molecule has 0 radical (unpaired) electrons. The molecule has 2 aromatic carbocycles. The smallest absolute Gasteiger partial charge is 0.253 e. The fourth-order valence-electron chi connectivity index (χ4n) is 3.15. The quantitative estimate of drug-likeness (QED) is 0.389. The number of rotatable bonds is 9. The molecular formula is C24H25ClFN3O2. The molecule has 162 valence electrons. The number of nitrogens with one attached hydrogen (secondary N) is 1. The van der Waals surface area contributed by atoms with E-state index in [1.54, 1.807) is 36.3 Å². The Hall–Kier alpha value is -2.80. The van der Waals surface area contributed by atoms with E-state index in [0.717, 1.165) is 17.5 Å². The molecule has 1 amide bonds. The zero-order valence-corrected chi connectivity index (χ0v) is 18.0. The van der Waals surface area contributed by atoms with Crippen LogP contribution in [0.2, 0.25) is 5.15 Å². The van der Waals surface area contributed by atoms with Gasteiger partial charge in [-0.15, -0.1) is 0 Å². The Balaban J connectivity index is 1.44. The first-order valence-corrected chi connectivity index (χ1v) is 10.4. The number of amides is 1. The summed E-state index contributed by atoms with van der Waals surface area (Å²) in [6, 6.07) is 16.9. The summed E-state index contributed by atoms with van der Waals surface area (Å²) in [5.74, 6) is -0.388. The molecule has 3 rings (SSSR count). The van der Waals surface area contributed by atoms with E-state index in [9.17, 15) is 14.3 Å². The number of hydrogen-bond donors (Lipinski definition) is 2. The highest BCUT2D eigenvalue weighted by Gasteiger charge is 2.12. The molecule has 0 aliphatic rings. The summed E-state index contributed by atoms with van der Waals surface area (Å²) in [4.78, 5) is 18.3. The van der Waals surface area contributed by atoms with Crippen LogP contribution in [0, 0.1) is 5.82 Å². The van der Waals surface area contributed by atoms with Crippen LogP contribution >= 0.6 is 11.6 Å². The first kappa shape index (κ1) is 22.9. The van der Waals surface area contributed by atoms with Crippen molar-refractivity contribution in [2.75, 3.05) is 20.1 Å². The molecule has 0 bridgehead atoms. The van der Waals surface area contributed by atoms with Crippen LogP contribution in [-0.2, 0) is 13.0 Å². The minimum Gasteiger partial charge on any atom is -0.387 e. The monoisotopic (exact) mass is 441 g/mol. The second kappa shape index (κ2) is 11.0. The number of aliphatic hydroxyl groups is 1. The van der Waals surface area contributed by atoms with Crippen molar-refractivity contribution in [1.29, 1.82) is 0 Å². The Labute approximate surface area is 186 Å². The van der Waals surface area contributed by atoms with E-state index in [1.165, 1.54) is 12.1 Å². The molecule has 0 saturated heterocycles. The summed E-state index contributed by atoms with van der Waals surface area (Å²) in [6.07, 6.45) is 1.73. The van der Waals surface area contributed by atoms with Gasteiger partial charge >= 0.3 is 0 Å². The first-order valence-electron chi connectivity index (χ1n) is 10.0. The van der Waals surface area contributed by atoms with Gasteiger partial charge in [-0.3, -0.25) is 4.79 Å². The van der Waals surface area contributed by atoms with Crippen LogP contribution in [-0.4, -0.2) is 41.0 Å². The molecule has 0 fully saturated rings. The Morgan fingerprint density at radius 2 is 1.77 bits per heavy atom. The molecule has 0 saturated carbocycles. The van der Waals surface area contributed by atoms with Crippen LogP contribution in [0.1, 0.15) is 33.2 Å². The molecule has 1 heterocycles. The van der Waals surface area contributed by atoms with Crippen LogP contribution < -0.4 is 5.32 Å². The molecule has 1 aromatic heterocycles. The Kier molecular flexibility index (Phi) is 8.12. The fraction of sp³-hybridized carbons (Fsp3) is 0.250. The summed E-state index contributed by atoms with van der Waals surface area (Å²) >= 11 is 5.79. The van der Waals surface area contributed by atoms with E-state index >= 15 is 0 Å². The molecule has 0 spiro atoms. The van der Waals surface area contributed by atoms with Gasteiger partial charge in [0.25, 0.3) is 5.91 Å². The normalized spacial score (nSPS) is 11.9. The Morgan fingerprint density at radius 3 is 2.42 bits per heavy atom. The van der Waals surface area contributed by atoms with Crippen LogP contribution in [0.25, 0.3) is 0 Å². The molecular weight excluding hydrogens is 417 g/mol. The summed E-state index contributed by atoms with van der Waals surface area (Å²) < 4.78 is 13.0. The number of aliphatic hydroxyl groups excluding tert-OH is 1. The topological polar surface area (TPSA) is 65.5 Å². The van der Waals surface area contributed by atoms with E-state index in [1.807, 2.05) is 30.3 Å². The number of carbonyl (C=O) groups is 1. The number of carbonyl (C=O) groups excluding carboxylic acids is 1. The third-order valence-corrected chi connectivity index (χ3v) is 5.16. The summed E-state index contributed by atoms with van der Waals surface area (Å²) in [5, 5.41) is 13.8. The number of halogens is 2. The van der Waals surface area contributed by atoms with E-state index in [2.05, 4.69) is 10.3 Å². The highest BCUT2D eigenvalue weighted by atomic mass is 35.5. The lowest BCUT2D eigenvalue weighted by Crippen LogP contribution is -2.26. The van der Waals surface area contributed by atoms with Gasteiger partial charge in [-0.25, -0.2) is 9.37 Å². The van der Waals surface area contributed by atoms with Crippen molar-refractivity contribution in [3.05, 3.63) is 100 Å². The lowest BCUT2D eigenvalue weighted by Gasteiger charge is -2.17. The number of hydrogen-bond acceptors (Lipinski definition) is 4. The van der Waals surface area contributed by atoms with Crippen molar-refractivity contribution < 1.29 is 14.3 Å². The largest absolute Gasteiger partial charge is 0.387 e. The highest BCUT2D eigenvalue weighted by Crippen LogP contribution is 2.13. The summed E-state index contributed by atoms with van der Waals surface area (Å²) in [6.45, 7) is 1.51. The van der Waals surface area contributed by atoms with Gasteiger partial charge in [0.15, 0.2) is 0 Å². The lowest BCUT2D eigenvalue weighted by atomic mass is 10.1. The predicted molar refractivity (Wildman–Crippen MR) is 119 cm³/mol. The van der Waals surface area contributed by atoms with Gasteiger partial charge in [0.2, 0.25) is 0 Å². The molecule has 2 N–H and O–H groups in total. The van der Waals surface area contributed by atoms with Crippen LogP contribution in [0.15, 0.2) is 66.9 Å². The third kappa shape index (κ3) is 6.85. The van der Waals surface area contributed by atoms with Crippen molar-refractivity contribution >= 4 is 17.5 Å². The highest BCUT2D eigenvalue weighted by molar-refractivity contribution is 6.29. The molecule has 0 aliphatic carbocycles. The second-order valence-electron chi connectivity index (χ2n) is 7.37. The lowest BCUT2D eigenvalue weighted by molar-refractivity contribution is 0.0785. The van der Waals surface area contributed by atoms with Crippen LogP contribution in [0.3, 0.4) is 0 Å². The van der Waals surface area contributed by atoms with E-state index in [4.69, 9.17) is 11.6 Å². The van der Waals surface area contributed by atoms with Crippen molar-refractivity contribution in [1.82, 2.24) is 15.2 Å². The van der Waals surface area contributed by atoms with Crippen molar-refractivity contribution in [3.63, 3.8) is 0 Å². The number of pyridine rings is 1. The maximum absolute atomic E-state index is 13.0. The van der Waals surface area contributed by atoms with Crippen molar-refractivity contribution in [3.8, 4) is 0 Å². The zero-order chi connectivity index (χ0) is 22.2. The molecule has 31 heavy (non-hydrogen) atoms. The molecule has 0 unspecified atom stereocenters. The molecule has 0 aliphatic heterocycles. The maximum atomic E-state index is 13.0. The SMILES string of the molecule is CN(Cc1ccc(Cl)nc1)C(=O)c1ccc(CCNC[C@H](O)c2ccc(F)cc2)cc1. The van der Waals surface area contributed by atoms with Crippen LogP contribution in [0.5, 0.6) is 0 Å². The van der Waals surface area contributed by atoms with Gasteiger partial charge in [-0.1, -0.05) is 41.9 Å². The molecule has 3 aromatic rings. The van der Waals surface area contributed by atoms with Crippen molar-refractivity contribution in [2.24, 2.45) is 0 Å². The predicted octanol–water partition coefficient (Wildman–Crippen LogP) is 4.01. The number of benzene rings is 2. The third-order valence-electron chi connectivity index (χ3n) is 4.94. The molecule has 1 atom stereocenters. The molecule has 5 nitrogen and oxygen atoms in total. The second-order valence-corrected chi connectivity index (χ2v) is 7.76. The van der Waals surface area contributed by atoms with Gasteiger partial charge in [0.05, 0.1) is 6.10 Å². The summed E-state index contributed by atoms with van der Waals surface area (Å²) in [5.41, 5.74) is 3.29. The van der Waals surface area contributed by atoms with Gasteiger partial charge in [-0.2, -0.15) is 0 Å². The van der Waals surface area contributed by atoms with E-state index in [-0.39, 0.29) is 11.7 Å². The standard InChI is InChI=1S/C24H25ClFN3O2/c1-29(16-18-4-11-23(25)28-14-18)24(31)20-5-2-17(3-6-20)12-13-27-15-22(30)19-7-9-21(26)10-8-19/h2-11,14,22,27,30H,12-13,15-16H2,1H3/t22-/m0/s1. The summed E-state index contributed by atoms with van der Waals surface area (Å²) in [7, 11) is 1.75. The zero-order valence-electron chi connectivity index (χ0n) is 17.3. The van der Waals surface area contributed by atoms with Gasteiger partial charge in [0, 0.05) is 31.9 Å². The fourth-order valence-corrected chi connectivity index (χ4v) is 3.27. The first-order chi connectivity index (χ1) is 14.9.